The molecule has 3 nitrogen and oxygen atoms in total. The maximum Gasteiger partial charge on any atom is 0.132 e. The minimum atomic E-state index is 0.560. The third-order valence-electron chi connectivity index (χ3n) is 3.95. The van der Waals surface area contributed by atoms with Crippen molar-refractivity contribution in [2.24, 2.45) is 5.92 Å². The average molecular weight is 247 g/mol. The molecule has 1 aromatic heterocycles. The van der Waals surface area contributed by atoms with Gasteiger partial charge in [0.25, 0.3) is 0 Å². The fraction of sp³-hybridized carbons (Fsp3) is 0.667. The van der Waals surface area contributed by atoms with Gasteiger partial charge >= 0.3 is 0 Å². The first-order valence-corrected chi connectivity index (χ1v) is 7.10. The third kappa shape index (κ3) is 3.02. The standard InChI is InChI=1S/C15H25N3/c1-12(2)13(3)14-6-4-8-17-15(14)18-10-5-7-16-9-11-18/h4,6,8,12-13,16H,5,7,9-11H2,1-3H3/t13-/m0/s1. The highest BCUT2D eigenvalue weighted by molar-refractivity contribution is 5.48. The van der Waals surface area contributed by atoms with E-state index in [1.54, 1.807) is 0 Å². The van der Waals surface area contributed by atoms with Crippen LogP contribution in [-0.2, 0) is 0 Å². The molecule has 1 aliphatic heterocycles. The Balaban J connectivity index is 2.25. The first-order chi connectivity index (χ1) is 8.70. The zero-order chi connectivity index (χ0) is 13.0. The summed E-state index contributed by atoms with van der Waals surface area (Å²) < 4.78 is 0. The van der Waals surface area contributed by atoms with Gasteiger partial charge in [-0.1, -0.05) is 26.8 Å². The Morgan fingerprint density at radius 3 is 2.83 bits per heavy atom. The molecule has 0 aromatic carbocycles. The molecule has 1 fully saturated rings. The van der Waals surface area contributed by atoms with Gasteiger partial charge in [0.05, 0.1) is 0 Å². The minimum Gasteiger partial charge on any atom is -0.355 e. The first kappa shape index (κ1) is 13.3. The van der Waals surface area contributed by atoms with E-state index in [9.17, 15) is 0 Å². The zero-order valence-electron chi connectivity index (χ0n) is 11.8. The summed E-state index contributed by atoms with van der Waals surface area (Å²) in [6.07, 6.45) is 3.12. The summed E-state index contributed by atoms with van der Waals surface area (Å²) in [5.41, 5.74) is 1.40. The Kier molecular flexibility index (Phi) is 4.59. The molecule has 0 amide bonds. The molecule has 1 N–H and O–H groups in total. The molecule has 1 aliphatic rings. The summed E-state index contributed by atoms with van der Waals surface area (Å²) in [4.78, 5) is 7.08. The largest absolute Gasteiger partial charge is 0.355 e. The van der Waals surface area contributed by atoms with Crippen molar-refractivity contribution in [1.29, 1.82) is 0 Å². The van der Waals surface area contributed by atoms with Gasteiger partial charge in [-0.3, -0.25) is 0 Å². The van der Waals surface area contributed by atoms with E-state index < -0.39 is 0 Å². The number of aromatic nitrogens is 1. The van der Waals surface area contributed by atoms with Gasteiger partial charge in [0.1, 0.15) is 5.82 Å². The maximum atomic E-state index is 4.65. The lowest BCUT2D eigenvalue weighted by Crippen LogP contribution is -2.30. The van der Waals surface area contributed by atoms with E-state index in [4.69, 9.17) is 0 Å². The van der Waals surface area contributed by atoms with Crippen LogP contribution in [0.4, 0.5) is 5.82 Å². The second kappa shape index (κ2) is 6.19. The lowest BCUT2D eigenvalue weighted by atomic mass is 9.90. The summed E-state index contributed by atoms with van der Waals surface area (Å²) in [6, 6.07) is 4.30. The number of rotatable bonds is 3. The van der Waals surface area contributed by atoms with Crippen molar-refractivity contribution in [1.82, 2.24) is 10.3 Å². The maximum absolute atomic E-state index is 4.65. The molecule has 2 rings (SSSR count). The molecular formula is C15H25N3. The van der Waals surface area contributed by atoms with Crippen LogP contribution in [0, 0.1) is 5.92 Å². The van der Waals surface area contributed by atoms with Crippen LogP contribution in [0.5, 0.6) is 0 Å². The van der Waals surface area contributed by atoms with E-state index in [1.165, 1.54) is 17.8 Å². The quantitative estimate of drug-likeness (QED) is 0.890. The zero-order valence-corrected chi connectivity index (χ0v) is 11.8. The summed E-state index contributed by atoms with van der Waals surface area (Å²) in [6.45, 7) is 11.2. The second-order valence-corrected chi connectivity index (χ2v) is 5.54. The summed E-state index contributed by atoms with van der Waals surface area (Å²) in [5, 5.41) is 3.45. The number of nitrogens with one attached hydrogen (secondary N) is 1. The van der Waals surface area contributed by atoms with E-state index in [2.05, 4.69) is 48.1 Å². The summed E-state index contributed by atoms with van der Waals surface area (Å²) in [7, 11) is 0. The van der Waals surface area contributed by atoms with Gasteiger partial charge in [0.2, 0.25) is 0 Å². The topological polar surface area (TPSA) is 28.2 Å². The van der Waals surface area contributed by atoms with E-state index in [0.29, 0.717) is 11.8 Å². The molecular weight excluding hydrogens is 222 g/mol. The predicted molar refractivity (Wildman–Crippen MR) is 77.2 cm³/mol. The predicted octanol–water partition coefficient (Wildman–Crippen LogP) is 2.64. The van der Waals surface area contributed by atoms with Crippen LogP contribution in [0.3, 0.4) is 0 Å². The molecule has 1 aromatic rings. The van der Waals surface area contributed by atoms with Crippen molar-refractivity contribution in [3.8, 4) is 0 Å². The Bertz CT molecular complexity index is 368. The van der Waals surface area contributed by atoms with Gasteiger partial charge in [-0.15, -0.1) is 0 Å². The molecule has 0 radical (unpaired) electrons. The number of anilines is 1. The minimum absolute atomic E-state index is 0.560. The Morgan fingerprint density at radius 1 is 1.22 bits per heavy atom. The smallest absolute Gasteiger partial charge is 0.132 e. The van der Waals surface area contributed by atoms with Gasteiger partial charge in [-0.2, -0.15) is 0 Å². The van der Waals surface area contributed by atoms with Crippen molar-refractivity contribution >= 4 is 5.82 Å². The number of pyridine rings is 1. The lowest BCUT2D eigenvalue weighted by molar-refractivity contribution is 0.532. The molecule has 0 unspecified atom stereocenters. The molecule has 3 heteroatoms. The highest BCUT2D eigenvalue weighted by Crippen LogP contribution is 2.30. The highest BCUT2D eigenvalue weighted by atomic mass is 15.2. The fourth-order valence-corrected chi connectivity index (χ4v) is 2.45. The van der Waals surface area contributed by atoms with Crippen molar-refractivity contribution in [2.45, 2.75) is 33.1 Å². The molecule has 18 heavy (non-hydrogen) atoms. The van der Waals surface area contributed by atoms with Crippen molar-refractivity contribution in [3.63, 3.8) is 0 Å². The van der Waals surface area contributed by atoms with Gasteiger partial charge in [0.15, 0.2) is 0 Å². The van der Waals surface area contributed by atoms with Crippen LogP contribution in [-0.4, -0.2) is 31.2 Å². The van der Waals surface area contributed by atoms with Crippen molar-refractivity contribution < 1.29 is 0 Å². The van der Waals surface area contributed by atoms with Gasteiger partial charge in [0, 0.05) is 25.8 Å². The number of hydrogen-bond acceptors (Lipinski definition) is 3. The van der Waals surface area contributed by atoms with E-state index >= 15 is 0 Å². The Labute approximate surface area is 111 Å². The van der Waals surface area contributed by atoms with Crippen LogP contribution in [0.2, 0.25) is 0 Å². The summed E-state index contributed by atoms with van der Waals surface area (Å²) in [5.74, 6) is 2.41. The molecule has 0 spiro atoms. The van der Waals surface area contributed by atoms with Gasteiger partial charge < -0.3 is 10.2 Å². The normalized spacial score (nSPS) is 18.8. The van der Waals surface area contributed by atoms with Gasteiger partial charge in [-0.05, 0) is 36.4 Å². The average Bonchev–Trinajstić information content (AvgIpc) is 2.66. The number of hydrogen-bond donors (Lipinski definition) is 1. The molecule has 2 heterocycles. The SMILES string of the molecule is CC(C)[C@H](C)c1cccnc1N1CCCNCC1. The van der Waals surface area contributed by atoms with Crippen LogP contribution >= 0.6 is 0 Å². The molecule has 1 atom stereocenters. The molecule has 100 valence electrons. The molecule has 0 saturated carbocycles. The Hall–Kier alpha value is -1.09. The summed E-state index contributed by atoms with van der Waals surface area (Å²) >= 11 is 0. The molecule has 1 saturated heterocycles. The van der Waals surface area contributed by atoms with Crippen LogP contribution in [0.1, 0.15) is 38.7 Å². The fourth-order valence-electron chi connectivity index (χ4n) is 2.45. The monoisotopic (exact) mass is 247 g/mol. The van der Waals surface area contributed by atoms with Crippen LogP contribution in [0.15, 0.2) is 18.3 Å². The molecule has 0 bridgehead atoms. The van der Waals surface area contributed by atoms with E-state index in [0.717, 1.165) is 26.2 Å². The van der Waals surface area contributed by atoms with E-state index in [1.807, 2.05) is 6.20 Å². The molecule has 0 aliphatic carbocycles. The third-order valence-corrected chi connectivity index (χ3v) is 3.95. The van der Waals surface area contributed by atoms with Crippen molar-refractivity contribution in [3.05, 3.63) is 23.9 Å². The number of nitrogens with zero attached hydrogens (tertiary/aromatic N) is 2. The van der Waals surface area contributed by atoms with Gasteiger partial charge in [-0.25, -0.2) is 4.98 Å². The van der Waals surface area contributed by atoms with E-state index in [-0.39, 0.29) is 0 Å². The van der Waals surface area contributed by atoms with Crippen molar-refractivity contribution in [2.75, 3.05) is 31.1 Å². The highest BCUT2D eigenvalue weighted by Gasteiger charge is 2.19. The van der Waals surface area contributed by atoms with Crippen LogP contribution in [0.25, 0.3) is 0 Å². The Morgan fingerprint density at radius 2 is 2.06 bits per heavy atom. The first-order valence-electron chi connectivity index (χ1n) is 7.10. The second-order valence-electron chi connectivity index (χ2n) is 5.54. The lowest BCUT2D eigenvalue weighted by Gasteiger charge is -2.27. The van der Waals surface area contributed by atoms with Crippen LogP contribution < -0.4 is 10.2 Å².